The highest BCUT2D eigenvalue weighted by molar-refractivity contribution is 5.35. The molecule has 0 saturated heterocycles. The summed E-state index contributed by atoms with van der Waals surface area (Å²) < 4.78 is 7.01. The smallest absolute Gasteiger partial charge is 0.0783 e. The van der Waals surface area contributed by atoms with Gasteiger partial charge in [-0.25, -0.2) is 4.68 Å². The third-order valence-corrected chi connectivity index (χ3v) is 2.78. The average molecular weight is 260 g/mol. The summed E-state index contributed by atoms with van der Waals surface area (Å²) in [5, 5.41) is 11.5. The minimum absolute atomic E-state index is 0.433. The lowest BCUT2D eigenvalue weighted by Crippen LogP contribution is -2.23. The molecule has 1 heterocycles. The predicted octanol–water partition coefficient (Wildman–Crippen LogP) is 1.91. The van der Waals surface area contributed by atoms with Crippen LogP contribution in [0.4, 0.5) is 0 Å². The maximum atomic E-state index is 5.15. The Morgan fingerprint density at radius 2 is 2.21 bits per heavy atom. The van der Waals surface area contributed by atoms with E-state index in [-0.39, 0.29) is 0 Å². The topological polar surface area (TPSA) is 52.0 Å². The maximum absolute atomic E-state index is 5.15. The highest BCUT2D eigenvalue weighted by Gasteiger charge is 2.07. The molecule has 0 fully saturated rings. The third-order valence-electron chi connectivity index (χ3n) is 2.78. The van der Waals surface area contributed by atoms with E-state index in [1.807, 2.05) is 22.9 Å². The van der Waals surface area contributed by atoms with E-state index in [2.05, 4.69) is 35.5 Å². The second-order valence-corrected chi connectivity index (χ2v) is 4.78. The zero-order chi connectivity index (χ0) is 13.7. The van der Waals surface area contributed by atoms with Crippen LogP contribution in [0.25, 0.3) is 5.69 Å². The van der Waals surface area contributed by atoms with Crippen LogP contribution in [0.2, 0.25) is 0 Å². The lowest BCUT2D eigenvalue weighted by Gasteiger charge is -2.10. The van der Waals surface area contributed by atoms with E-state index in [4.69, 9.17) is 4.74 Å². The minimum Gasteiger partial charge on any atom is -0.380 e. The zero-order valence-corrected chi connectivity index (χ0v) is 11.6. The number of rotatable bonds is 6. The molecule has 0 aliphatic rings. The van der Waals surface area contributed by atoms with Gasteiger partial charge in [0, 0.05) is 19.7 Å². The van der Waals surface area contributed by atoms with Crippen LogP contribution in [0.3, 0.4) is 0 Å². The molecule has 2 rings (SSSR count). The van der Waals surface area contributed by atoms with Gasteiger partial charge in [0.2, 0.25) is 0 Å². The molecule has 1 aromatic carbocycles. The van der Waals surface area contributed by atoms with Crippen molar-refractivity contribution in [3.63, 3.8) is 0 Å². The van der Waals surface area contributed by atoms with Gasteiger partial charge in [0.05, 0.1) is 24.2 Å². The number of hydrogen-bond acceptors (Lipinski definition) is 4. The molecule has 0 radical (unpaired) electrons. The summed E-state index contributed by atoms with van der Waals surface area (Å²) in [5.41, 5.74) is 3.18. The second kappa shape index (κ2) is 6.45. The molecule has 5 nitrogen and oxygen atoms in total. The monoisotopic (exact) mass is 260 g/mol. The van der Waals surface area contributed by atoms with Crippen LogP contribution >= 0.6 is 0 Å². The van der Waals surface area contributed by atoms with Crippen molar-refractivity contribution in [2.24, 2.45) is 0 Å². The van der Waals surface area contributed by atoms with Crippen LogP contribution in [0.5, 0.6) is 0 Å². The average Bonchev–Trinajstić information content (AvgIpc) is 2.85. The van der Waals surface area contributed by atoms with Crippen molar-refractivity contribution in [1.82, 2.24) is 20.3 Å². The summed E-state index contributed by atoms with van der Waals surface area (Å²) in [5.74, 6) is 0. The number of nitrogens with zero attached hydrogens (tertiary/aromatic N) is 3. The standard InChI is InChI=1S/C14H20N4O/c1-11(2)15-8-14-9-16-17-18(14)13-6-4-5-12(7-13)10-19-3/h4-7,9,11,15H,8,10H2,1-3H3. The largest absolute Gasteiger partial charge is 0.380 e. The molecule has 5 heteroatoms. The van der Waals surface area contributed by atoms with Gasteiger partial charge in [0.25, 0.3) is 0 Å². The quantitative estimate of drug-likeness (QED) is 0.862. The summed E-state index contributed by atoms with van der Waals surface area (Å²) in [4.78, 5) is 0. The molecule has 1 N–H and O–H groups in total. The Morgan fingerprint density at radius 1 is 1.37 bits per heavy atom. The van der Waals surface area contributed by atoms with Crippen molar-refractivity contribution in [1.29, 1.82) is 0 Å². The normalized spacial score (nSPS) is 11.2. The molecule has 0 saturated carbocycles. The first-order chi connectivity index (χ1) is 9.20. The molecule has 0 amide bonds. The lowest BCUT2D eigenvalue weighted by molar-refractivity contribution is 0.185. The first-order valence-electron chi connectivity index (χ1n) is 6.42. The van der Waals surface area contributed by atoms with Crippen molar-refractivity contribution >= 4 is 0 Å². The molecular weight excluding hydrogens is 240 g/mol. The summed E-state index contributed by atoms with van der Waals surface area (Å²) in [6.07, 6.45) is 1.79. The van der Waals surface area contributed by atoms with Gasteiger partial charge in [-0.15, -0.1) is 5.10 Å². The summed E-state index contributed by atoms with van der Waals surface area (Å²) in [6.45, 7) is 5.59. The maximum Gasteiger partial charge on any atom is 0.0783 e. The number of hydrogen-bond donors (Lipinski definition) is 1. The van der Waals surface area contributed by atoms with Gasteiger partial charge in [0.1, 0.15) is 0 Å². The number of benzene rings is 1. The fraction of sp³-hybridized carbons (Fsp3) is 0.429. The molecule has 2 aromatic rings. The molecule has 0 aliphatic heterocycles. The first kappa shape index (κ1) is 13.7. The van der Waals surface area contributed by atoms with Crippen molar-refractivity contribution in [2.75, 3.05) is 7.11 Å². The molecule has 0 aliphatic carbocycles. The Balaban J connectivity index is 2.21. The molecule has 19 heavy (non-hydrogen) atoms. The van der Waals surface area contributed by atoms with E-state index in [1.165, 1.54) is 0 Å². The molecule has 0 spiro atoms. The molecule has 0 atom stereocenters. The van der Waals surface area contributed by atoms with Gasteiger partial charge in [-0.3, -0.25) is 0 Å². The molecular formula is C14H20N4O. The van der Waals surface area contributed by atoms with Gasteiger partial charge in [0.15, 0.2) is 0 Å². The fourth-order valence-electron chi connectivity index (χ4n) is 1.85. The van der Waals surface area contributed by atoms with Gasteiger partial charge < -0.3 is 10.1 Å². The van der Waals surface area contributed by atoms with Crippen LogP contribution in [-0.2, 0) is 17.9 Å². The van der Waals surface area contributed by atoms with Gasteiger partial charge in [-0.1, -0.05) is 31.2 Å². The minimum atomic E-state index is 0.433. The SMILES string of the molecule is COCc1cccc(-n2nncc2CNC(C)C)c1. The predicted molar refractivity (Wildman–Crippen MR) is 74.0 cm³/mol. The Morgan fingerprint density at radius 3 is 2.95 bits per heavy atom. The van der Waals surface area contributed by atoms with Gasteiger partial charge >= 0.3 is 0 Å². The van der Waals surface area contributed by atoms with Crippen molar-refractivity contribution in [2.45, 2.75) is 33.0 Å². The number of ether oxygens (including phenoxy) is 1. The second-order valence-electron chi connectivity index (χ2n) is 4.78. The summed E-state index contributed by atoms with van der Waals surface area (Å²) in [6, 6.07) is 8.56. The van der Waals surface area contributed by atoms with Gasteiger partial charge in [-0.05, 0) is 17.7 Å². The summed E-state index contributed by atoms with van der Waals surface area (Å²) >= 11 is 0. The molecule has 102 valence electrons. The van der Waals surface area contributed by atoms with Crippen LogP contribution in [0.1, 0.15) is 25.1 Å². The molecule has 1 aromatic heterocycles. The highest BCUT2D eigenvalue weighted by Crippen LogP contribution is 2.12. The lowest BCUT2D eigenvalue weighted by atomic mass is 10.2. The van der Waals surface area contributed by atoms with Crippen LogP contribution in [0, 0.1) is 0 Å². The van der Waals surface area contributed by atoms with Gasteiger partial charge in [-0.2, -0.15) is 0 Å². The zero-order valence-electron chi connectivity index (χ0n) is 11.6. The Bertz CT molecular complexity index is 522. The van der Waals surface area contributed by atoms with Crippen LogP contribution in [-0.4, -0.2) is 28.1 Å². The number of methoxy groups -OCH3 is 1. The third kappa shape index (κ3) is 3.62. The van der Waals surface area contributed by atoms with E-state index in [0.717, 1.165) is 23.5 Å². The van der Waals surface area contributed by atoms with Crippen LogP contribution in [0.15, 0.2) is 30.5 Å². The fourth-order valence-corrected chi connectivity index (χ4v) is 1.85. The van der Waals surface area contributed by atoms with E-state index >= 15 is 0 Å². The summed E-state index contributed by atoms with van der Waals surface area (Å²) in [7, 11) is 1.69. The molecule has 0 unspecified atom stereocenters. The van der Waals surface area contributed by atoms with E-state index < -0.39 is 0 Å². The van der Waals surface area contributed by atoms with Crippen molar-refractivity contribution in [3.05, 3.63) is 41.7 Å². The van der Waals surface area contributed by atoms with E-state index in [0.29, 0.717) is 12.6 Å². The van der Waals surface area contributed by atoms with E-state index in [9.17, 15) is 0 Å². The Labute approximate surface area is 113 Å². The van der Waals surface area contributed by atoms with Crippen molar-refractivity contribution < 1.29 is 4.74 Å². The first-order valence-corrected chi connectivity index (χ1v) is 6.42. The number of aromatic nitrogens is 3. The van der Waals surface area contributed by atoms with Crippen molar-refractivity contribution in [3.8, 4) is 5.69 Å². The van der Waals surface area contributed by atoms with E-state index in [1.54, 1.807) is 13.3 Å². The number of nitrogens with one attached hydrogen (secondary N) is 1. The highest BCUT2D eigenvalue weighted by atomic mass is 16.5. The molecule has 0 bridgehead atoms. The van der Waals surface area contributed by atoms with Crippen LogP contribution < -0.4 is 5.32 Å². The Kier molecular flexibility index (Phi) is 4.65. The Hall–Kier alpha value is -1.72.